The third-order valence-corrected chi connectivity index (χ3v) is 4.59. The third kappa shape index (κ3) is 5.02. The summed E-state index contributed by atoms with van der Waals surface area (Å²) < 4.78 is 15.9. The Labute approximate surface area is 154 Å². The third-order valence-electron chi connectivity index (χ3n) is 4.59. The van der Waals surface area contributed by atoms with E-state index in [0.717, 1.165) is 57.1 Å². The summed E-state index contributed by atoms with van der Waals surface area (Å²) in [7, 11) is 1.65. The summed E-state index contributed by atoms with van der Waals surface area (Å²) in [6.45, 7) is 5.11. The molecule has 1 aromatic carbocycles. The Bertz CT molecular complexity index is 670. The number of rotatable bonds is 7. The predicted octanol–water partition coefficient (Wildman–Crippen LogP) is 2.91. The minimum atomic E-state index is 0.0587. The van der Waals surface area contributed by atoms with Crippen molar-refractivity contribution in [3.63, 3.8) is 0 Å². The van der Waals surface area contributed by atoms with E-state index in [2.05, 4.69) is 4.90 Å². The molecule has 0 spiro atoms. The quantitative estimate of drug-likeness (QED) is 0.713. The first kappa shape index (κ1) is 18.3. The van der Waals surface area contributed by atoms with Gasteiger partial charge in [-0.05, 0) is 49.7 Å². The van der Waals surface area contributed by atoms with Gasteiger partial charge in [0.15, 0.2) is 0 Å². The Balaban J connectivity index is 1.37. The van der Waals surface area contributed by atoms with Gasteiger partial charge in [0.2, 0.25) is 0 Å². The van der Waals surface area contributed by atoms with Gasteiger partial charge in [0.1, 0.15) is 17.8 Å². The smallest absolute Gasteiger partial charge is 0.257 e. The van der Waals surface area contributed by atoms with E-state index >= 15 is 0 Å². The van der Waals surface area contributed by atoms with Crippen molar-refractivity contribution >= 4 is 5.91 Å². The van der Waals surface area contributed by atoms with Crippen LogP contribution in [0, 0.1) is 0 Å². The number of furan rings is 1. The van der Waals surface area contributed by atoms with Crippen LogP contribution in [-0.2, 0) is 0 Å². The standard InChI is InChI=1S/C20H26N2O4/c1-24-18-4-6-19(7-5-18)26-14-3-10-21-9-2-11-22(13-12-21)20(23)17-8-15-25-16-17/h4-8,15-16H,2-3,9-14H2,1H3. The number of nitrogens with zero attached hydrogens (tertiary/aromatic N) is 2. The number of methoxy groups -OCH3 is 1. The molecule has 0 saturated carbocycles. The molecule has 2 heterocycles. The van der Waals surface area contributed by atoms with E-state index in [-0.39, 0.29) is 5.91 Å². The fraction of sp³-hybridized carbons (Fsp3) is 0.450. The summed E-state index contributed by atoms with van der Waals surface area (Å²) in [5.41, 5.74) is 0.631. The van der Waals surface area contributed by atoms with Crippen molar-refractivity contribution in [3.05, 3.63) is 48.4 Å². The molecular weight excluding hydrogens is 332 g/mol. The number of carbonyl (C=O) groups is 1. The first-order valence-corrected chi connectivity index (χ1v) is 9.07. The van der Waals surface area contributed by atoms with Crippen LogP contribution in [0.1, 0.15) is 23.2 Å². The first-order valence-electron chi connectivity index (χ1n) is 9.07. The zero-order valence-corrected chi connectivity index (χ0v) is 15.2. The SMILES string of the molecule is COc1ccc(OCCCN2CCCN(C(=O)c3ccoc3)CC2)cc1. The fourth-order valence-electron chi connectivity index (χ4n) is 3.12. The summed E-state index contributed by atoms with van der Waals surface area (Å²) in [4.78, 5) is 16.7. The van der Waals surface area contributed by atoms with Crippen molar-refractivity contribution in [1.29, 1.82) is 0 Å². The van der Waals surface area contributed by atoms with Gasteiger partial charge in [-0.1, -0.05) is 0 Å². The van der Waals surface area contributed by atoms with E-state index in [0.29, 0.717) is 12.2 Å². The molecule has 0 aliphatic carbocycles. The maximum Gasteiger partial charge on any atom is 0.257 e. The number of ether oxygens (including phenoxy) is 2. The molecule has 26 heavy (non-hydrogen) atoms. The van der Waals surface area contributed by atoms with Crippen LogP contribution in [0.2, 0.25) is 0 Å². The molecule has 6 heteroatoms. The number of hydrogen-bond donors (Lipinski definition) is 0. The molecule has 1 aliphatic heterocycles. The van der Waals surface area contributed by atoms with Gasteiger partial charge in [0, 0.05) is 26.2 Å². The second-order valence-electron chi connectivity index (χ2n) is 6.38. The Kier molecular flexibility index (Phi) is 6.55. The Morgan fingerprint density at radius 1 is 1.08 bits per heavy atom. The first-order chi connectivity index (χ1) is 12.8. The van der Waals surface area contributed by atoms with E-state index < -0.39 is 0 Å². The average Bonchev–Trinajstić information content (AvgIpc) is 3.11. The monoisotopic (exact) mass is 358 g/mol. The molecule has 6 nitrogen and oxygen atoms in total. The second-order valence-corrected chi connectivity index (χ2v) is 6.38. The van der Waals surface area contributed by atoms with Gasteiger partial charge in [-0.25, -0.2) is 0 Å². The molecule has 1 saturated heterocycles. The molecular formula is C20H26N2O4. The number of benzene rings is 1. The van der Waals surface area contributed by atoms with Crippen molar-refractivity contribution in [2.24, 2.45) is 0 Å². The van der Waals surface area contributed by atoms with Gasteiger partial charge in [0.25, 0.3) is 5.91 Å². The molecule has 0 unspecified atom stereocenters. The van der Waals surface area contributed by atoms with Crippen LogP contribution in [-0.4, -0.2) is 62.1 Å². The van der Waals surface area contributed by atoms with Gasteiger partial charge in [0.05, 0.1) is 25.5 Å². The van der Waals surface area contributed by atoms with Crippen molar-refractivity contribution in [2.45, 2.75) is 12.8 Å². The Morgan fingerprint density at radius 2 is 1.88 bits per heavy atom. The normalized spacial score (nSPS) is 15.5. The molecule has 0 atom stereocenters. The molecule has 0 N–H and O–H groups in total. The van der Waals surface area contributed by atoms with Gasteiger partial charge in [-0.15, -0.1) is 0 Å². The van der Waals surface area contributed by atoms with Gasteiger partial charge in [-0.2, -0.15) is 0 Å². The molecule has 140 valence electrons. The highest BCUT2D eigenvalue weighted by Crippen LogP contribution is 2.17. The van der Waals surface area contributed by atoms with Gasteiger partial charge >= 0.3 is 0 Å². The molecule has 1 aliphatic rings. The minimum Gasteiger partial charge on any atom is -0.497 e. The lowest BCUT2D eigenvalue weighted by Crippen LogP contribution is -2.35. The zero-order valence-electron chi connectivity index (χ0n) is 15.2. The maximum atomic E-state index is 12.4. The Hall–Kier alpha value is -2.47. The van der Waals surface area contributed by atoms with Gasteiger partial charge in [-0.3, -0.25) is 4.79 Å². The highest BCUT2D eigenvalue weighted by molar-refractivity contribution is 5.93. The van der Waals surface area contributed by atoms with Crippen LogP contribution < -0.4 is 9.47 Å². The maximum absolute atomic E-state index is 12.4. The molecule has 0 bridgehead atoms. The molecule has 1 aromatic heterocycles. The zero-order chi connectivity index (χ0) is 18.2. The highest BCUT2D eigenvalue weighted by Gasteiger charge is 2.20. The van der Waals surface area contributed by atoms with Crippen LogP contribution >= 0.6 is 0 Å². The number of hydrogen-bond acceptors (Lipinski definition) is 5. The van der Waals surface area contributed by atoms with E-state index in [1.807, 2.05) is 29.2 Å². The van der Waals surface area contributed by atoms with Crippen LogP contribution in [0.5, 0.6) is 11.5 Å². The Morgan fingerprint density at radius 3 is 2.62 bits per heavy atom. The lowest BCUT2D eigenvalue weighted by atomic mass is 10.3. The predicted molar refractivity (Wildman–Crippen MR) is 98.8 cm³/mol. The van der Waals surface area contributed by atoms with Crippen molar-refractivity contribution in [3.8, 4) is 11.5 Å². The minimum absolute atomic E-state index is 0.0587. The summed E-state index contributed by atoms with van der Waals surface area (Å²) >= 11 is 0. The largest absolute Gasteiger partial charge is 0.497 e. The molecule has 1 amide bonds. The van der Waals surface area contributed by atoms with Crippen LogP contribution in [0.15, 0.2) is 47.3 Å². The fourth-order valence-corrected chi connectivity index (χ4v) is 3.12. The van der Waals surface area contributed by atoms with E-state index in [4.69, 9.17) is 13.9 Å². The van der Waals surface area contributed by atoms with E-state index in [9.17, 15) is 4.79 Å². The summed E-state index contributed by atoms with van der Waals surface area (Å²) in [6, 6.07) is 9.36. The number of carbonyl (C=O) groups excluding carboxylic acids is 1. The second kappa shape index (κ2) is 9.29. The molecule has 1 fully saturated rings. The van der Waals surface area contributed by atoms with Crippen molar-refractivity contribution in [1.82, 2.24) is 9.80 Å². The van der Waals surface area contributed by atoms with E-state index in [1.54, 1.807) is 19.4 Å². The van der Waals surface area contributed by atoms with E-state index in [1.165, 1.54) is 6.26 Å². The van der Waals surface area contributed by atoms with Gasteiger partial charge < -0.3 is 23.7 Å². The lowest BCUT2D eigenvalue weighted by molar-refractivity contribution is 0.0760. The lowest BCUT2D eigenvalue weighted by Gasteiger charge is -2.21. The van der Waals surface area contributed by atoms with Crippen molar-refractivity contribution in [2.75, 3.05) is 46.4 Å². The number of amides is 1. The topological polar surface area (TPSA) is 55.2 Å². The van der Waals surface area contributed by atoms with Crippen LogP contribution in [0.25, 0.3) is 0 Å². The molecule has 3 rings (SSSR count). The molecule has 2 aromatic rings. The molecule has 0 radical (unpaired) electrons. The summed E-state index contributed by atoms with van der Waals surface area (Å²) in [5, 5.41) is 0. The average molecular weight is 358 g/mol. The summed E-state index contributed by atoms with van der Waals surface area (Å²) in [5.74, 6) is 1.75. The van der Waals surface area contributed by atoms with Crippen LogP contribution in [0.3, 0.4) is 0 Å². The summed E-state index contributed by atoms with van der Waals surface area (Å²) in [6.07, 6.45) is 5.01. The van der Waals surface area contributed by atoms with Crippen molar-refractivity contribution < 1.29 is 18.7 Å². The highest BCUT2D eigenvalue weighted by atomic mass is 16.5. The van der Waals surface area contributed by atoms with Crippen LogP contribution in [0.4, 0.5) is 0 Å².